The second-order valence-electron chi connectivity index (χ2n) is 9.87. The molecular formula is C22H28F2N4O3S. The average Bonchev–Trinajstić information content (AvgIpc) is 3.41. The van der Waals surface area contributed by atoms with Gasteiger partial charge in [0.2, 0.25) is 10.0 Å². The van der Waals surface area contributed by atoms with E-state index in [1.54, 1.807) is 18.2 Å². The Balaban J connectivity index is 1.23. The summed E-state index contributed by atoms with van der Waals surface area (Å²) in [5.74, 6) is -3.33. The summed E-state index contributed by atoms with van der Waals surface area (Å²) in [7, 11) is -3.49. The fraction of sp³-hybridized carbons (Fsp3) is 0.636. The van der Waals surface area contributed by atoms with Gasteiger partial charge in [0.25, 0.3) is 5.89 Å². The number of alkyl halides is 2. The number of fused-ring (bicyclic) bond motifs is 3. The minimum Gasteiger partial charge on any atom is -0.384 e. The van der Waals surface area contributed by atoms with Crippen LogP contribution in [0.25, 0.3) is 0 Å². The molecule has 0 radical (unpaired) electrons. The van der Waals surface area contributed by atoms with E-state index in [1.807, 2.05) is 6.07 Å². The highest BCUT2D eigenvalue weighted by Gasteiger charge is 2.52. The number of hydrogen-bond acceptors (Lipinski definition) is 6. The maximum absolute atomic E-state index is 13.5. The number of rotatable bonds is 8. The molecular weight excluding hydrogens is 438 g/mol. The molecule has 2 bridgehead atoms. The predicted octanol–water partition coefficient (Wildman–Crippen LogP) is 4.33. The molecule has 32 heavy (non-hydrogen) atoms. The quantitative estimate of drug-likeness (QED) is 0.601. The normalized spacial score (nSPS) is 28.1. The minimum atomic E-state index is -3.49. The Hall–Kier alpha value is -2.07. The highest BCUT2D eigenvalue weighted by molar-refractivity contribution is 7.89. The van der Waals surface area contributed by atoms with Crippen molar-refractivity contribution in [2.45, 2.75) is 80.6 Å². The molecule has 7 nitrogen and oxygen atoms in total. The van der Waals surface area contributed by atoms with E-state index in [-0.39, 0.29) is 21.8 Å². The topological polar surface area (TPSA) is 97.1 Å². The first-order valence-corrected chi connectivity index (χ1v) is 12.7. The van der Waals surface area contributed by atoms with E-state index >= 15 is 0 Å². The smallest absolute Gasteiger partial charge is 0.322 e. The van der Waals surface area contributed by atoms with Crippen molar-refractivity contribution in [2.24, 2.45) is 5.41 Å². The lowest BCUT2D eigenvalue weighted by Gasteiger charge is -2.52. The molecule has 0 atom stereocenters. The number of aromatic nitrogens is 2. The van der Waals surface area contributed by atoms with Gasteiger partial charge >= 0.3 is 5.92 Å². The zero-order chi connectivity index (χ0) is 22.6. The Morgan fingerprint density at radius 2 is 1.84 bits per heavy atom. The van der Waals surface area contributed by atoms with Gasteiger partial charge in [-0.1, -0.05) is 11.2 Å². The van der Waals surface area contributed by atoms with Crippen LogP contribution in [0.5, 0.6) is 0 Å². The van der Waals surface area contributed by atoms with Gasteiger partial charge < -0.3 is 9.84 Å². The molecule has 174 valence electrons. The van der Waals surface area contributed by atoms with Gasteiger partial charge in [0, 0.05) is 30.6 Å². The Labute approximate surface area is 186 Å². The van der Waals surface area contributed by atoms with E-state index in [4.69, 9.17) is 4.52 Å². The van der Waals surface area contributed by atoms with Crippen molar-refractivity contribution in [2.75, 3.05) is 11.9 Å². The van der Waals surface area contributed by atoms with Crippen molar-refractivity contribution in [3.63, 3.8) is 0 Å². The van der Waals surface area contributed by atoms with Gasteiger partial charge in [-0.15, -0.1) is 0 Å². The SMILES string of the molecule is CC(F)(F)c1nc(C23CCC(CNc4cccc(S(=O)(=O)NC5CC5)c4)(CC2)CC3)no1. The highest BCUT2D eigenvalue weighted by atomic mass is 32.2. The third kappa shape index (κ3) is 4.14. The Kier molecular flexibility index (Phi) is 5.09. The Morgan fingerprint density at radius 1 is 1.16 bits per heavy atom. The van der Waals surface area contributed by atoms with Crippen LogP contribution in [0.2, 0.25) is 0 Å². The average molecular weight is 467 g/mol. The molecule has 1 aromatic heterocycles. The fourth-order valence-electron chi connectivity index (χ4n) is 5.03. The van der Waals surface area contributed by atoms with E-state index in [0.717, 1.165) is 70.5 Å². The van der Waals surface area contributed by atoms with Crippen LogP contribution in [-0.4, -0.2) is 31.1 Å². The van der Waals surface area contributed by atoms with Crippen molar-refractivity contribution in [1.29, 1.82) is 0 Å². The number of nitrogens with one attached hydrogen (secondary N) is 2. The number of nitrogens with zero attached hydrogens (tertiary/aromatic N) is 2. The summed E-state index contributed by atoms with van der Waals surface area (Å²) in [5.41, 5.74) is 0.606. The van der Waals surface area contributed by atoms with Crippen LogP contribution in [-0.2, 0) is 21.4 Å². The van der Waals surface area contributed by atoms with Crippen LogP contribution >= 0.6 is 0 Å². The molecule has 4 aliphatic carbocycles. The number of hydrogen-bond donors (Lipinski definition) is 2. The molecule has 1 heterocycles. The molecule has 6 rings (SSSR count). The van der Waals surface area contributed by atoms with Gasteiger partial charge in [-0.25, -0.2) is 13.1 Å². The first kappa shape index (κ1) is 21.8. The van der Waals surface area contributed by atoms with Crippen LogP contribution in [0.4, 0.5) is 14.5 Å². The monoisotopic (exact) mass is 466 g/mol. The minimum absolute atomic E-state index is 0.0686. The van der Waals surface area contributed by atoms with E-state index in [9.17, 15) is 17.2 Å². The third-order valence-corrected chi connectivity index (χ3v) is 8.91. The standard InChI is InChI=1S/C22H28F2N4O3S/c1-20(23,24)19-26-18(27-31-19)22-10-7-21(8-11-22,9-12-22)14-25-16-3-2-4-17(13-16)32(29,30)28-15-5-6-15/h2-4,13,15,25,28H,5-12,14H2,1H3. The van der Waals surface area contributed by atoms with E-state index in [1.165, 1.54) is 0 Å². The fourth-order valence-corrected chi connectivity index (χ4v) is 6.38. The summed E-state index contributed by atoms with van der Waals surface area (Å²) in [6, 6.07) is 7.00. The van der Waals surface area contributed by atoms with Crippen LogP contribution in [0.3, 0.4) is 0 Å². The Morgan fingerprint density at radius 3 is 2.44 bits per heavy atom. The van der Waals surface area contributed by atoms with Crippen molar-refractivity contribution in [3.05, 3.63) is 36.0 Å². The summed E-state index contributed by atoms with van der Waals surface area (Å²) >= 11 is 0. The summed E-state index contributed by atoms with van der Waals surface area (Å²) in [6.07, 6.45) is 7.11. The first-order chi connectivity index (χ1) is 15.1. The van der Waals surface area contributed by atoms with Crippen LogP contribution in [0.1, 0.15) is 70.0 Å². The zero-order valence-electron chi connectivity index (χ0n) is 18.0. The predicted molar refractivity (Wildman–Crippen MR) is 114 cm³/mol. The van der Waals surface area contributed by atoms with Gasteiger partial charge in [0.1, 0.15) is 0 Å². The molecule has 10 heteroatoms. The number of benzene rings is 1. The molecule has 2 N–H and O–H groups in total. The van der Waals surface area contributed by atoms with E-state index in [2.05, 4.69) is 20.2 Å². The second kappa shape index (κ2) is 7.48. The zero-order valence-corrected chi connectivity index (χ0v) is 18.9. The van der Waals surface area contributed by atoms with Gasteiger partial charge in [-0.05, 0) is 75.0 Å². The number of anilines is 1. The lowest BCUT2D eigenvalue weighted by Crippen LogP contribution is -2.47. The lowest BCUT2D eigenvalue weighted by molar-refractivity contribution is -0.0158. The maximum Gasteiger partial charge on any atom is 0.322 e. The molecule has 4 saturated carbocycles. The van der Waals surface area contributed by atoms with Crippen molar-refractivity contribution in [3.8, 4) is 0 Å². The van der Waals surface area contributed by atoms with Crippen molar-refractivity contribution < 1.29 is 21.7 Å². The van der Waals surface area contributed by atoms with Crippen LogP contribution in [0, 0.1) is 5.41 Å². The molecule has 1 aromatic carbocycles. The molecule has 4 fully saturated rings. The summed E-state index contributed by atoms with van der Waals surface area (Å²) in [6.45, 7) is 1.51. The highest BCUT2D eigenvalue weighted by Crippen LogP contribution is 2.57. The third-order valence-electron chi connectivity index (χ3n) is 7.39. The van der Waals surface area contributed by atoms with Crippen LogP contribution in [0.15, 0.2) is 33.7 Å². The Bertz CT molecular complexity index is 1080. The molecule has 2 aromatic rings. The van der Waals surface area contributed by atoms with Crippen molar-refractivity contribution in [1.82, 2.24) is 14.9 Å². The summed E-state index contributed by atoms with van der Waals surface area (Å²) < 4.78 is 59.6. The van der Waals surface area contributed by atoms with Gasteiger partial charge in [-0.2, -0.15) is 13.8 Å². The van der Waals surface area contributed by atoms with Crippen molar-refractivity contribution >= 4 is 15.7 Å². The second-order valence-corrected chi connectivity index (χ2v) is 11.6. The lowest BCUT2D eigenvalue weighted by atomic mass is 9.53. The molecule has 0 amide bonds. The maximum atomic E-state index is 13.5. The van der Waals surface area contributed by atoms with Gasteiger partial charge in [0.15, 0.2) is 5.82 Å². The molecule has 4 aliphatic rings. The molecule has 0 saturated heterocycles. The largest absolute Gasteiger partial charge is 0.384 e. The first-order valence-electron chi connectivity index (χ1n) is 11.2. The summed E-state index contributed by atoms with van der Waals surface area (Å²) in [4.78, 5) is 4.32. The molecule has 0 unspecified atom stereocenters. The van der Waals surface area contributed by atoms with Gasteiger partial charge in [-0.3, -0.25) is 0 Å². The molecule has 0 aliphatic heterocycles. The van der Waals surface area contributed by atoms with E-state index in [0.29, 0.717) is 5.82 Å². The number of halogens is 2. The van der Waals surface area contributed by atoms with Crippen LogP contribution < -0.4 is 10.0 Å². The van der Waals surface area contributed by atoms with E-state index < -0.39 is 21.8 Å². The molecule has 0 spiro atoms. The number of sulfonamides is 1. The summed E-state index contributed by atoms with van der Waals surface area (Å²) in [5, 5.41) is 7.35. The van der Waals surface area contributed by atoms with Gasteiger partial charge in [0.05, 0.1) is 4.90 Å².